The van der Waals surface area contributed by atoms with E-state index in [2.05, 4.69) is 249 Å². The van der Waals surface area contributed by atoms with E-state index >= 15 is 0 Å². The van der Waals surface area contributed by atoms with Crippen molar-refractivity contribution in [1.82, 2.24) is 15.0 Å². The fourth-order valence-corrected chi connectivity index (χ4v) is 9.44. The highest BCUT2D eigenvalue weighted by Crippen LogP contribution is 2.38. The second kappa shape index (κ2) is 16.7. The summed E-state index contributed by atoms with van der Waals surface area (Å²) in [5.74, 6) is 1.85. The van der Waals surface area contributed by atoms with Crippen molar-refractivity contribution in [3.63, 3.8) is 0 Å². The molecule has 3 nitrogen and oxygen atoms in total. The van der Waals surface area contributed by atoms with Crippen LogP contribution in [0.15, 0.2) is 249 Å². The first kappa shape index (κ1) is 38.9. The Hall–Kier alpha value is -8.79. The van der Waals surface area contributed by atoms with Crippen molar-refractivity contribution < 1.29 is 0 Å². The highest BCUT2D eigenvalue weighted by atomic mass is 15.0. The van der Waals surface area contributed by atoms with Crippen LogP contribution >= 0.6 is 0 Å². The smallest absolute Gasteiger partial charge is 0.164 e. The van der Waals surface area contributed by atoms with E-state index in [-0.39, 0.29) is 0 Å². The third kappa shape index (κ3) is 7.29. The average molecular weight is 840 g/mol. The van der Waals surface area contributed by atoms with Gasteiger partial charge in [0.1, 0.15) is 0 Å². The molecule has 0 unspecified atom stereocenters. The predicted octanol–water partition coefficient (Wildman–Crippen LogP) is 16.7. The Morgan fingerprint density at radius 3 is 1.20 bits per heavy atom. The lowest BCUT2D eigenvalue weighted by atomic mass is 9.92. The molecule has 0 bridgehead atoms. The standard InChI is InChI=1S/C63H41N3/c1-3-15-42(16-4-1)52-40-49-20-8-10-25-57(49)60(41-52)46-33-37-48(38-34-46)62-64-61(47-35-31-45(32-36-47)54-26-12-21-44-19-7-9-24-53(44)54)65-63(66-62)51-23-11-22-50(39-51)56-28-14-29-58-55(27-13-30-59(56)58)43-17-5-2-6-18-43/h1-41H. The summed E-state index contributed by atoms with van der Waals surface area (Å²) in [4.78, 5) is 15.6. The van der Waals surface area contributed by atoms with Crippen molar-refractivity contribution in [2.24, 2.45) is 0 Å². The lowest BCUT2D eigenvalue weighted by Crippen LogP contribution is -2.00. The van der Waals surface area contributed by atoms with Gasteiger partial charge in [0.15, 0.2) is 17.5 Å². The molecule has 0 saturated carbocycles. The van der Waals surface area contributed by atoms with Gasteiger partial charge < -0.3 is 0 Å². The van der Waals surface area contributed by atoms with E-state index in [0.29, 0.717) is 17.5 Å². The van der Waals surface area contributed by atoms with Crippen LogP contribution in [0.4, 0.5) is 0 Å². The topological polar surface area (TPSA) is 38.7 Å². The summed E-state index contributed by atoms with van der Waals surface area (Å²) >= 11 is 0. The van der Waals surface area contributed by atoms with Crippen LogP contribution in [0, 0.1) is 0 Å². The molecule has 0 radical (unpaired) electrons. The van der Waals surface area contributed by atoms with E-state index in [1.165, 1.54) is 65.7 Å². The molecule has 1 aromatic heterocycles. The third-order valence-electron chi connectivity index (χ3n) is 12.7. The first-order valence-corrected chi connectivity index (χ1v) is 22.4. The summed E-state index contributed by atoms with van der Waals surface area (Å²) in [6.07, 6.45) is 0. The summed E-state index contributed by atoms with van der Waals surface area (Å²) in [6.45, 7) is 0. The van der Waals surface area contributed by atoms with Gasteiger partial charge in [-0.05, 0) is 106 Å². The van der Waals surface area contributed by atoms with Gasteiger partial charge in [0.05, 0.1) is 0 Å². The van der Waals surface area contributed by atoms with Gasteiger partial charge in [-0.25, -0.2) is 15.0 Å². The minimum absolute atomic E-state index is 0.616. The number of rotatable bonds is 8. The molecule has 12 rings (SSSR count). The van der Waals surface area contributed by atoms with Crippen LogP contribution in [0.2, 0.25) is 0 Å². The Bertz CT molecular complexity index is 3720. The third-order valence-corrected chi connectivity index (χ3v) is 12.7. The molecule has 66 heavy (non-hydrogen) atoms. The van der Waals surface area contributed by atoms with Gasteiger partial charge in [0.2, 0.25) is 0 Å². The summed E-state index contributed by atoms with van der Waals surface area (Å²) in [6, 6.07) is 88.4. The van der Waals surface area contributed by atoms with Gasteiger partial charge in [-0.2, -0.15) is 0 Å². The van der Waals surface area contributed by atoms with Gasteiger partial charge in [-0.15, -0.1) is 0 Å². The largest absolute Gasteiger partial charge is 0.208 e. The normalized spacial score (nSPS) is 11.3. The molecular weight excluding hydrogens is 799 g/mol. The fourth-order valence-electron chi connectivity index (χ4n) is 9.44. The Kier molecular flexibility index (Phi) is 9.85. The van der Waals surface area contributed by atoms with Crippen LogP contribution in [0.25, 0.3) is 122 Å². The maximum atomic E-state index is 5.23. The zero-order valence-electron chi connectivity index (χ0n) is 36.0. The van der Waals surface area contributed by atoms with Gasteiger partial charge in [-0.1, -0.05) is 231 Å². The van der Waals surface area contributed by atoms with Gasteiger partial charge >= 0.3 is 0 Å². The van der Waals surface area contributed by atoms with Crippen LogP contribution in [0.1, 0.15) is 0 Å². The number of hydrogen-bond donors (Lipinski definition) is 0. The lowest BCUT2D eigenvalue weighted by molar-refractivity contribution is 1.07. The maximum Gasteiger partial charge on any atom is 0.164 e. The molecule has 1 heterocycles. The summed E-state index contributed by atoms with van der Waals surface area (Å²) in [5, 5.41) is 7.27. The van der Waals surface area contributed by atoms with Crippen LogP contribution in [0.5, 0.6) is 0 Å². The fraction of sp³-hybridized carbons (Fsp3) is 0. The average Bonchev–Trinajstić information content (AvgIpc) is 3.40. The molecular formula is C63H41N3. The lowest BCUT2D eigenvalue weighted by Gasteiger charge is -2.13. The molecule has 0 N–H and O–H groups in total. The number of hydrogen-bond acceptors (Lipinski definition) is 3. The molecule has 0 amide bonds. The number of benzene rings is 11. The van der Waals surface area contributed by atoms with E-state index in [4.69, 9.17) is 15.0 Å². The molecule has 3 heteroatoms. The van der Waals surface area contributed by atoms with Crippen LogP contribution < -0.4 is 0 Å². The SMILES string of the molecule is c1ccc(-c2cc(-c3ccc(-c4nc(-c5ccc(-c6cccc7ccccc67)cc5)nc(-c5cccc(-c6cccc7c(-c8ccccc8)cccc67)c5)n4)cc3)c3ccccc3c2)cc1. The predicted molar refractivity (Wildman–Crippen MR) is 276 cm³/mol. The van der Waals surface area contributed by atoms with E-state index in [1.807, 2.05) is 0 Å². The first-order valence-electron chi connectivity index (χ1n) is 22.4. The quantitative estimate of drug-likeness (QED) is 0.153. The molecule has 0 aliphatic carbocycles. The number of nitrogens with zero attached hydrogens (tertiary/aromatic N) is 3. The van der Waals surface area contributed by atoms with Crippen LogP contribution in [-0.2, 0) is 0 Å². The summed E-state index contributed by atoms with van der Waals surface area (Å²) in [5.41, 5.74) is 14.5. The summed E-state index contributed by atoms with van der Waals surface area (Å²) in [7, 11) is 0. The highest BCUT2D eigenvalue weighted by Gasteiger charge is 2.16. The molecule has 11 aromatic carbocycles. The van der Waals surface area contributed by atoms with Crippen molar-refractivity contribution in [3.8, 4) is 89.8 Å². The van der Waals surface area contributed by atoms with Crippen LogP contribution in [-0.4, -0.2) is 15.0 Å². The Morgan fingerprint density at radius 2 is 0.561 bits per heavy atom. The monoisotopic (exact) mass is 839 g/mol. The zero-order chi connectivity index (χ0) is 43.8. The van der Waals surface area contributed by atoms with Crippen LogP contribution in [0.3, 0.4) is 0 Å². The molecule has 308 valence electrons. The van der Waals surface area contributed by atoms with Crippen molar-refractivity contribution in [3.05, 3.63) is 249 Å². The molecule has 0 saturated heterocycles. The maximum absolute atomic E-state index is 5.23. The van der Waals surface area contributed by atoms with Crippen molar-refractivity contribution in [1.29, 1.82) is 0 Å². The Balaban J connectivity index is 0.969. The van der Waals surface area contributed by atoms with Gasteiger partial charge in [0.25, 0.3) is 0 Å². The van der Waals surface area contributed by atoms with Gasteiger partial charge in [-0.3, -0.25) is 0 Å². The zero-order valence-corrected chi connectivity index (χ0v) is 36.0. The van der Waals surface area contributed by atoms with Gasteiger partial charge in [0, 0.05) is 16.7 Å². The van der Waals surface area contributed by atoms with Crippen molar-refractivity contribution in [2.75, 3.05) is 0 Å². The van der Waals surface area contributed by atoms with Crippen molar-refractivity contribution in [2.45, 2.75) is 0 Å². The molecule has 0 atom stereocenters. The van der Waals surface area contributed by atoms with E-state index in [9.17, 15) is 0 Å². The van der Waals surface area contributed by atoms with E-state index in [0.717, 1.165) is 38.9 Å². The minimum atomic E-state index is 0.616. The van der Waals surface area contributed by atoms with E-state index < -0.39 is 0 Å². The molecule has 0 aliphatic heterocycles. The second-order valence-electron chi connectivity index (χ2n) is 16.8. The minimum Gasteiger partial charge on any atom is -0.208 e. The number of fused-ring (bicyclic) bond motifs is 3. The summed E-state index contributed by atoms with van der Waals surface area (Å²) < 4.78 is 0. The Morgan fingerprint density at radius 1 is 0.182 bits per heavy atom. The number of aromatic nitrogens is 3. The molecule has 0 fully saturated rings. The first-order chi connectivity index (χ1) is 32.7. The van der Waals surface area contributed by atoms with E-state index in [1.54, 1.807) is 0 Å². The molecule has 12 aromatic rings. The Labute approximate surface area is 384 Å². The molecule has 0 spiro atoms. The second-order valence-corrected chi connectivity index (χ2v) is 16.8. The molecule has 0 aliphatic rings. The van der Waals surface area contributed by atoms with Crippen molar-refractivity contribution >= 4 is 32.3 Å². The highest BCUT2D eigenvalue weighted by molar-refractivity contribution is 6.05.